The highest BCUT2D eigenvalue weighted by Gasteiger charge is 1.88. The number of hydrogen-bond donors (Lipinski definition) is 2. The zero-order chi connectivity index (χ0) is 7.82. The SMILES string of the molecule is C=CCC(=NC)NNC=C. The molecule has 0 aliphatic carbocycles. The molecule has 0 aromatic rings. The topological polar surface area (TPSA) is 36.4 Å². The van der Waals surface area contributed by atoms with Gasteiger partial charge in [0, 0.05) is 19.7 Å². The van der Waals surface area contributed by atoms with E-state index in [1.165, 1.54) is 0 Å². The molecule has 10 heavy (non-hydrogen) atoms. The quantitative estimate of drug-likeness (QED) is 0.262. The normalized spacial score (nSPS) is 10.3. The van der Waals surface area contributed by atoms with Crippen LogP contribution in [0.25, 0.3) is 0 Å². The summed E-state index contributed by atoms with van der Waals surface area (Å²) < 4.78 is 0. The Morgan fingerprint density at radius 3 is 2.70 bits per heavy atom. The van der Waals surface area contributed by atoms with Crippen LogP contribution in [0.5, 0.6) is 0 Å². The fourth-order valence-corrected chi connectivity index (χ4v) is 0.469. The van der Waals surface area contributed by atoms with E-state index in [2.05, 4.69) is 29.0 Å². The molecular formula is C7H13N3. The average molecular weight is 139 g/mol. The van der Waals surface area contributed by atoms with Crippen molar-refractivity contribution in [2.45, 2.75) is 6.42 Å². The van der Waals surface area contributed by atoms with Gasteiger partial charge in [-0.1, -0.05) is 12.7 Å². The molecule has 0 aliphatic heterocycles. The van der Waals surface area contributed by atoms with Gasteiger partial charge in [-0.2, -0.15) is 0 Å². The third-order valence-electron chi connectivity index (χ3n) is 0.926. The zero-order valence-electron chi connectivity index (χ0n) is 6.22. The summed E-state index contributed by atoms with van der Waals surface area (Å²) in [4.78, 5) is 3.94. The van der Waals surface area contributed by atoms with Gasteiger partial charge in [0.2, 0.25) is 0 Å². The lowest BCUT2D eigenvalue weighted by molar-refractivity contribution is 0.807. The van der Waals surface area contributed by atoms with E-state index in [1.54, 1.807) is 19.3 Å². The first kappa shape index (κ1) is 8.75. The molecule has 0 radical (unpaired) electrons. The van der Waals surface area contributed by atoms with Crippen LogP contribution in [0.3, 0.4) is 0 Å². The summed E-state index contributed by atoms with van der Waals surface area (Å²) in [6, 6.07) is 0. The maximum atomic E-state index is 3.94. The Bertz CT molecular complexity index is 138. The summed E-state index contributed by atoms with van der Waals surface area (Å²) in [7, 11) is 1.72. The van der Waals surface area contributed by atoms with E-state index < -0.39 is 0 Å². The van der Waals surface area contributed by atoms with Gasteiger partial charge in [0.1, 0.15) is 5.84 Å². The van der Waals surface area contributed by atoms with E-state index >= 15 is 0 Å². The molecule has 0 saturated carbocycles. The van der Waals surface area contributed by atoms with Crippen LogP contribution in [-0.2, 0) is 0 Å². The van der Waals surface area contributed by atoms with Gasteiger partial charge in [-0.05, 0) is 0 Å². The van der Waals surface area contributed by atoms with Gasteiger partial charge in [0.05, 0.1) is 0 Å². The molecule has 3 heteroatoms. The minimum atomic E-state index is 0.733. The van der Waals surface area contributed by atoms with Gasteiger partial charge < -0.3 is 5.43 Å². The van der Waals surface area contributed by atoms with Crippen molar-refractivity contribution in [1.29, 1.82) is 0 Å². The van der Waals surface area contributed by atoms with Crippen LogP contribution in [0.15, 0.2) is 30.4 Å². The van der Waals surface area contributed by atoms with Crippen LogP contribution < -0.4 is 10.9 Å². The maximum Gasteiger partial charge on any atom is 0.118 e. The van der Waals surface area contributed by atoms with Gasteiger partial charge >= 0.3 is 0 Å². The molecule has 0 amide bonds. The fraction of sp³-hybridized carbons (Fsp3) is 0.286. The van der Waals surface area contributed by atoms with E-state index in [1.807, 2.05) is 0 Å². The van der Waals surface area contributed by atoms with Crippen LogP contribution in [0.1, 0.15) is 6.42 Å². The highest BCUT2D eigenvalue weighted by atomic mass is 15.4. The molecule has 0 bridgehead atoms. The van der Waals surface area contributed by atoms with Crippen molar-refractivity contribution in [3.8, 4) is 0 Å². The molecule has 0 aliphatic rings. The molecule has 0 heterocycles. The second-order valence-corrected chi connectivity index (χ2v) is 1.64. The third-order valence-corrected chi connectivity index (χ3v) is 0.926. The summed E-state index contributed by atoms with van der Waals surface area (Å²) in [5.74, 6) is 0.843. The maximum absolute atomic E-state index is 3.94. The molecule has 56 valence electrons. The van der Waals surface area contributed by atoms with Crippen LogP contribution in [-0.4, -0.2) is 12.9 Å². The number of amidine groups is 1. The lowest BCUT2D eigenvalue weighted by Gasteiger charge is -2.04. The molecule has 0 saturated heterocycles. The Morgan fingerprint density at radius 1 is 1.60 bits per heavy atom. The predicted molar refractivity (Wildman–Crippen MR) is 44.6 cm³/mol. The van der Waals surface area contributed by atoms with E-state index in [0.717, 1.165) is 12.3 Å². The van der Waals surface area contributed by atoms with Crippen LogP contribution in [0.4, 0.5) is 0 Å². The summed E-state index contributed by atoms with van der Waals surface area (Å²) in [5, 5.41) is 0. The van der Waals surface area contributed by atoms with Gasteiger partial charge in [-0.25, -0.2) is 0 Å². The number of hydrazine groups is 1. The van der Waals surface area contributed by atoms with Crippen molar-refractivity contribution >= 4 is 5.84 Å². The van der Waals surface area contributed by atoms with E-state index in [4.69, 9.17) is 0 Å². The first-order chi connectivity index (χ1) is 4.85. The Hall–Kier alpha value is -1.25. The van der Waals surface area contributed by atoms with Gasteiger partial charge in [0.15, 0.2) is 0 Å². The Balaban J connectivity index is 3.60. The lowest BCUT2D eigenvalue weighted by atomic mass is 10.4. The van der Waals surface area contributed by atoms with Gasteiger partial charge in [-0.3, -0.25) is 10.4 Å². The van der Waals surface area contributed by atoms with Crippen molar-refractivity contribution in [2.75, 3.05) is 7.05 Å². The first-order valence-corrected chi connectivity index (χ1v) is 3.04. The van der Waals surface area contributed by atoms with Crippen molar-refractivity contribution in [3.05, 3.63) is 25.4 Å². The molecule has 3 nitrogen and oxygen atoms in total. The van der Waals surface area contributed by atoms with Crippen molar-refractivity contribution in [2.24, 2.45) is 4.99 Å². The summed E-state index contributed by atoms with van der Waals surface area (Å²) in [5.41, 5.74) is 5.55. The van der Waals surface area contributed by atoms with E-state index in [9.17, 15) is 0 Å². The second-order valence-electron chi connectivity index (χ2n) is 1.64. The molecule has 0 spiro atoms. The molecule has 0 aromatic heterocycles. The van der Waals surface area contributed by atoms with Crippen molar-refractivity contribution in [3.63, 3.8) is 0 Å². The summed E-state index contributed by atoms with van der Waals surface area (Å²) in [6.45, 7) is 7.05. The number of nitrogens with zero attached hydrogens (tertiary/aromatic N) is 1. The zero-order valence-corrected chi connectivity index (χ0v) is 6.22. The van der Waals surface area contributed by atoms with Gasteiger partial charge in [-0.15, -0.1) is 6.58 Å². The lowest BCUT2D eigenvalue weighted by Crippen LogP contribution is -2.32. The predicted octanol–water partition coefficient (Wildman–Crippen LogP) is 0.828. The third kappa shape index (κ3) is 3.72. The Labute approximate surface area is 61.5 Å². The molecular weight excluding hydrogens is 126 g/mol. The Morgan fingerprint density at radius 2 is 2.30 bits per heavy atom. The summed E-state index contributed by atoms with van der Waals surface area (Å²) in [6.07, 6.45) is 4.06. The minimum Gasteiger partial charge on any atom is -0.308 e. The van der Waals surface area contributed by atoms with Crippen LogP contribution >= 0.6 is 0 Å². The van der Waals surface area contributed by atoms with Crippen molar-refractivity contribution in [1.82, 2.24) is 10.9 Å². The van der Waals surface area contributed by atoms with Crippen molar-refractivity contribution < 1.29 is 0 Å². The number of rotatable bonds is 4. The number of nitrogens with one attached hydrogen (secondary N) is 2. The molecule has 0 rings (SSSR count). The van der Waals surface area contributed by atoms with Crippen LogP contribution in [0.2, 0.25) is 0 Å². The van der Waals surface area contributed by atoms with E-state index in [0.29, 0.717) is 0 Å². The highest BCUT2D eigenvalue weighted by molar-refractivity contribution is 5.82. The standard InChI is InChI=1S/C7H13N3/c1-4-6-7(8-3)10-9-5-2/h4-5,9H,1-2,6H2,3H3,(H,8,10). The second kappa shape index (κ2) is 5.88. The fourth-order valence-electron chi connectivity index (χ4n) is 0.469. The largest absolute Gasteiger partial charge is 0.308 e. The molecule has 0 atom stereocenters. The highest BCUT2D eigenvalue weighted by Crippen LogP contribution is 1.80. The molecule has 2 N–H and O–H groups in total. The van der Waals surface area contributed by atoms with Crippen LogP contribution in [0, 0.1) is 0 Å². The molecule has 0 aromatic carbocycles. The Kier molecular flexibility index (Phi) is 5.14. The average Bonchev–Trinajstić information content (AvgIpc) is 1.98. The molecule has 0 fully saturated rings. The molecule has 0 unspecified atom stereocenters. The van der Waals surface area contributed by atoms with Gasteiger partial charge in [0.25, 0.3) is 0 Å². The smallest absolute Gasteiger partial charge is 0.118 e. The number of aliphatic imine (C=N–C) groups is 1. The first-order valence-electron chi connectivity index (χ1n) is 3.04. The van der Waals surface area contributed by atoms with E-state index in [-0.39, 0.29) is 0 Å². The summed E-state index contributed by atoms with van der Waals surface area (Å²) >= 11 is 0. The minimum absolute atomic E-state index is 0.733. The monoisotopic (exact) mass is 139 g/mol. The number of hydrogen-bond acceptors (Lipinski definition) is 2.